The summed E-state index contributed by atoms with van der Waals surface area (Å²) >= 11 is 0. The molecule has 0 saturated carbocycles. The maximum atomic E-state index is 13.2. The van der Waals surface area contributed by atoms with Gasteiger partial charge in [-0.15, -0.1) is 0 Å². The monoisotopic (exact) mass is 334 g/mol. The number of hydrogen-bond acceptors (Lipinski definition) is 2. The van der Waals surface area contributed by atoms with Crippen molar-refractivity contribution in [2.75, 3.05) is 7.11 Å². The van der Waals surface area contributed by atoms with Crippen LogP contribution in [0.5, 0.6) is 0 Å². The van der Waals surface area contributed by atoms with Gasteiger partial charge in [-0.05, 0) is 35.3 Å². The zero-order chi connectivity index (χ0) is 17.1. The van der Waals surface area contributed by atoms with Crippen LogP contribution >= 0.6 is 0 Å². The SMILES string of the molecule is COC1=CCC2C=C([Si](C)(C)C)C3=C(C2=C1)c1ccccc1C3=O. The number of allylic oxidation sites excluding steroid dienone is 7. The van der Waals surface area contributed by atoms with Crippen molar-refractivity contribution in [3.63, 3.8) is 0 Å². The molecule has 0 saturated heterocycles. The number of carbonyl (C=O) groups excluding carboxylic acids is 1. The number of rotatable bonds is 2. The fraction of sp³-hybridized carbons (Fsp3) is 0.286. The van der Waals surface area contributed by atoms with E-state index in [1.165, 1.54) is 10.8 Å². The Morgan fingerprint density at radius 3 is 2.46 bits per heavy atom. The Bertz CT molecular complexity index is 875. The number of Topliss-reactive ketones (excluding diaryl/α,β-unsaturated/α-hetero) is 1. The first-order valence-corrected chi connectivity index (χ1v) is 12.0. The van der Waals surface area contributed by atoms with E-state index >= 15 is 0 Å². The maximum absolute atomic E-state index is 13.2. The van der Waals surface area contributed by atoms with E-state index in [1.54, 1.807) is 7.11 Å². The first kappa shape index (κ1) is 15.4. The van der Waals surface area contributed by atoms with Crippen LogP contribution in [0.4, 0.5) is 0 Å². The van der Waals surface area contributed by atoms with Gasteiger partial charge in [0.2, 0.25) is 0 Å². The molecular weight excluding hydrogens is 312 g/mol. The Kier molecular flexibility index (Phi) is 3.32. The lowest BCUT2D eigenvalue weighted by molar-refractivity contribution is 0.104. The largest absolute Gasteiger partial charge is 0.497 e. The molecule has 0 aliphatic heterocycles. The van der Waals surface area contributed by atoms with E-state index in [-0.39, 0.29) is 5.78 Å². The molecule has 1 aromatic rings. The van der Waals surface area contributed by atoms with Gasteiger partial charge in [-0.25, -0.2) is 0 Å². The summed E-state index contributed by atoms with van der Waals surface area (Å²) < 4.78 is 5.46. The molecule has 2 nitrogen and oxygen atoms in total. The summed E-state index contributed by atoms with van der Waals surface area (Å²) in [5, 5.41) is 1.31. The smallest absolute Gasteiger partial charge is 0.194 e. The van der Waals surface area contributed by atoms with Crippen molar-refractivity contribution in [1.82, 2.24) is 0 Å². The second-order valence-electron chi connectivity index (χ2n) is 7.71. The molecular formula is C21H22O2Si. The molecule has 4 rings (SSSR count). The van der Waals surface area contributed by atoms with Gasteiger partial charge in [0, 0.05) is 17.1 Å². The highest BCUT2D eigenvalue weighted by atomic mass is 28.3. The van der Waals surface area contributed by atoms with Crippen LogP contribution in [0.1, 0.15) is 22.3 Å². The molecule has 0 spiro atoms. The summed E-state index contributed by atoms with van der Waals surface area (Å²) in [5.74, 6) is 1.44. The van der Waals surface area contributed by atoms with Crippen molar-refractivity contribution in [3.05, 3.63) is 75.7 Å². The lowest BCUT2D eigenvalue weighted by atomic mass is 9.79. The van der Waals surface area contributed by atoms with Gasteiger partial charge in [-0.2, -0.15) is 0 Å². The Morgan fingerprint density at radius 1 is 1.08 bits per heavy atom. The van der Waals surface area contributed by atoms with Crippen molar-refractivity contribution in [1.29, 1.82) is 0 Å². The second-order valence-corrected chi connectivity index (χ2v) is 12.7. The third kappa shape index (κ3) is 2.11. The minimum atomic E-state index is -1.62. The Labute approximate surface area is 144 Å². The number of fused-ring (bicyclic) bond motifs is 4. The Morgan fingerprint density at radius 2 is 1.79 bits per heavy atom. The molecule has 1 atom stereocenters. The van der Waals surface area contributed by atoms with Crippen LogP contribution in [0.3, 0.4) is 0 Å². The quantitative estimate of drug-likeness (QED) is 0.717. The third-order valence-corrected chi connectivity index (χ3v) is 7.19. The van der Waals surface area contributed by atoms with E-state index < -0.39 is 8.07 Å². The Hall–Kier alpha value is -2.13. The van der Waals surface area contributed by atoms with E-state index in [1.807, 2.05) is 18.2 Å². The molecule has 3 aliphatic rings. The highest BCUT2D eigenvalue weighted by Crippen LogP contribution is 2.50. The molecule has 24 heavy (non-hydrogen) atoms. The van der Waals surface area contributed by atoms with Gasteiger partial charge in [0.25, 0.3) is 0 Å². The van der Waals surface area contributed by atoms with E-state index in [0.29, 0.717) is 5.92 Å². The summed E-state index contributed by atoms with van der Waals surface area (Å²) in [7, 11) is 0.0852. The topological polar surface area (TPSA) is 26.3 Å². The predicted octanol–water partition coefficient (Wildman–Crippen LogP) is 4.93. The second kappa shape index (κ2) is 5.18. The molecule has 0 aromatic heterocycles. The van der Waals surface area contributed by atoms with E-state index in [9.17, 15) is 4.79 Å². The molecule has 1 aromatic carbocycles. The van der Waals surface area contributed by atoms with Gasteiger partial charge in [0.15, 0.2) is 5.78 Å². The minimum absolute atomic E-state index is 0.196. The standard InChI is InChI=1S/C21H22O2Si/c1-23-14-10-9-13-11-18(24(2,3)4)20-19(17(13)12-14)15-7-5-6-8-16(15)21(20)22/h5-8,10-13H,9H2,1-4H3. The molecule has 1 unspecified atom stereocenters. The zero-order valence-corrected chi connectivity index (χ0v) is 15.6. The van der Waals surface area contributed by atoms with Gasteiger partial charge >= 0.3 is 0 Å². The predicted molar refractivity (Wildman–Crippen MR) is 100 cm³/mol. The molecule has 0 heterocycles. The first-order valence-electron chi connectivity index (χ1n) is 8.49. The minimum Gasteiger partial charge on any atom is -0.497 e. The van der Waals surface area contributed by atoms with Crippen molar-refractivity contribution in [3.8, 4) is 0 Å². The highest BCUT2D eigenvalue weighted by Gasteiger charge is 2.41. The van der Waals surface area contributed by atoms with Gasteiger partial charge < -0.3 is 4.74 Å². The van der Waals surface area contributed by atoms with Gasteiger partial charge in [0.1, 0.15) is 5.76 Å². The molecule has 0 amide bonds. The number of benzene rings is 1. The molecule has 122 valence electrons. The maximum Gasteiger partial charge on any atom is 0.194 e. The zero-order valence-electron chi connectivity index (χ0n) is 14.6. The van der Waals surface area contributed by atoms with Crippen molar-refractivity contribution < 1.29 is 9.53 Å². The summed E-state index contributed by atoms with van der Waals surface area (Å²) in [6, 6.07) is 8.04. The summed E-state index contributed by atoms with van der Waals surface area (Å²) in [6.07, 6.45) is 7.58. The van der Waals surface area contributed by atoms with Crippen molar-refractivity contribution in [2.45, 2.75) is 26.1 Å². The lowest BCUT2D eigenvalue weighted by Gasteiger charge is -2.33. The number of ketones is 1. The first-order chi connectivity index (χ1) is 11.4. The average molecular weight is 334 g/mol. The van der Waals surface area contributed by atoms with Crippen molar-refractivity contribution >= 4 is 19.4 Å². The van der Waals surface area contributed by atoms with Crippen LogP contribution < -0.4 is 0 Å². The highest BCUT2D eigenvalue weighted by molar-refractivity contribution is 6.85. The summed E-state index contributed by atoms with van der Waals surface area (Å²) in [6.45, 7) is 6.98. The van der Waals surface area contributed by atoms with Crippen LogP contribution in [0.25, 0.3) is 5.57 Å². The molecule has 3 heteroatoms. The average Bonchev–Trinajstić information content (AvgIpc) is 2.87. The van der Waals surface area contributed by atoms with Crippen LogP contribution in [0, 0.1) is 5.92 Å². The molecule has 0 radical (unpaired) electrons. The fourth-order valence-electron chi connectivity index (χ4n) is 4.00. The van der Waals surface area contributed by atoms with Crippen LogP contribution in [0.15, 0.2) is 64.6 Å². The van der Waals surface area contributed by atoms with E-state index in [4.69, 9.17) is 4.74 Å². The van der Waals surface area contributed by atoms with Gasteiger partial charge in [-0.3, -0.25) is 4.79 Å². The fourth-order valence-corrected chi connectivity index (χ4v) is 5.69. The normalized spacial score (nSPS) is 22.2. The third-order valence-electron chi connectivity index (χ3n) is 5.16. The molecule has 0 bridgehead atoms. The molecule has 0 N–H and O–H groups in total. The van der Waals surface area contributed by atoms with Crippen molar-refractivity contribution in [2.24, 2.45) is 5.92 Å². The van der Waals surface area contributed by atoms with Crippen LogP contribution in [-0.2, 0) is 4.74 Å². The number of hydrogen-bond donors (Lipinski definition) is 0. The van der Waals surface area contributed by atoms with Crippen LogP contribution in [-0.4, -0.2) is 21.0 Å². The summed E-state index contributed by atoms with van der Waals surface area (Å²) in [5.41, 5.74) is 5.29. The molecule has 0 fully saturated rings. The van der Waals surface area contributed by atoms with Crippen LogP contribution in [0.2, 0.25) is 19.6 Å². The van der Waals surface area contributed by atoms with Gasteiger partial charge in [0.05, 0.1) is 15.2 Å². The Balaban J connectivity index is 2.00. The number of methoxy groups -OCH3 is 1. The number of carbonyl (C=O) groups is 1. The molecule has 3 aliphatic carbocycles. The number of ether oxygens (including phenoxy) is 1. The van der Waals surface area contributed by atoms with E-state index in [0.717, 1.165) is 34.5 Å². The lowest BCUT2D eigenvalue weighted by Crippen LogP contribution is -2.30. The summed E-state index contributed by atoms with van der Waals surface area (Å²) in [4.78, 5) is 13.2. The van der Waals surface area contributed by atoms with E-state index in [2.05, 4.69) is 43.9 Å². The van der Waals surface area contributed by atoms with Gasteiger partial charge in [-0.1, -0.05) is 55.2 Å².